The first-order valence-corrected chi connectivity index (χ1v) is 6.59. The first kappa shape index (κ1) is 13.4. The number of hydrogen-bond donors (Lipinski definition) is 0. The van der Waals surface area contributed by atoms with E-state index in [-0.39, 0.29) is 11.8 Å². The molecule has 0 aliphatic heterocycles. The number of esters is 1. The highest BCUT2D eigenvalue weighted by molar-refractivity contribution is 5.89. The summed E-state index contributed by atoms with van der Waals surface area (Å²) in [7, 11) is 1.36. The minimum atomic E-state index is -0.344. The number of hydrogen-bond acceptors (Lipinski definition) is 2. The SMILES string of the molecule is COC(=O)c1ccc(Cn2ccc3cc(F)ccc32)cc1. The molecule has 0 aliphatic rings. The van der Waals surface area contributed by atoms with Crippen LogP contribution in [0.25, 0.3) is 10.9 Å². The van der Waals surface area contributed by atoms with Gasteiger partial charge >= 0.3 is 5.97 Å². The van der Waals surface area contributed by atoms with Crippen LogP contribution >= 0.6 is 0 Å². The molecule has 0 radical (unpaired) electrons. The van der Waals surface area contributed by atoms with Crippen LogP contribution in [0.2, 0.25) is 0 Å². The van der Waals surface area contributed by atoms with Crippen LogP contribution in [0.4, 0.5) is 4.39 Å². The predicted octanol–water partition coefficient (Wildman–Crippen LogP) is 3.62. The third-order valence-electron chi connectivity index (χ3n) is 3.46. The summed E-state index contributed by atoms with van der Waals surface area (Å²) in [6, 6.07) is 13.9. The standard InChI is InChI=1S/C17H14FNO2/c1-21-17(20)13-4-2-12(3-5-13)11-19-9-8-14-10-15(18)6-7-16(14)19/h2-10H,11H2,1H3. The Kier molecular flexibility index (Phi) is 3.44. The Hall–Kier alpha value is -2.62. The minimum Gasteiger partial charge on any atom is -0.465 e. The highest BCUT2D eigenvalue weighted by atomic mass is 19.1. The van der Waals surface area contributed by atoms with Gasteiger partial charge in [0.15, 0.2) is 0 Å². The second kappa shape index (κ2) is 5.40. The van der Waals surface area contributed by atoms with Crippen LogP contribution in [-0.2, 0) is 11.3 Å². The third-order valence-corrected chi connectivity index (χ3v) is 3.46. The second-order valence-electron chi connectivity index (χ2n) is 4.84. The van der Waals surface area contributed by atoms with Crippen LogP contribution in [0.3, 0.4) is 0 Å². The normalized spacial score (nSPS) is 10.8. The van der Waals surface area contributed by atoms with Gasteiger partial charge in [0.1, 0.15) is 5.82 Å². The summed E-state index contributed by atoms with van der Waals surface area (Å²) in [5.41, 5.74) is 2.57. The number of nitrogens with zero attached hydrogens (tertiary/aromatic N) is 1. The minimum absolute atomic E-state index is 0.234. The van der Waals surface area contributed by atoms with Crippen LogP contribution in [0, 0.1) is 5.82 Å². The van der Waals surface area contributed by atoms with Crippen molar-refractivity contribution in [2.75, 3.05) is 7.11 Å². The van der Waals surface area contributed by atoms with Crippen LogP contribution in [0.1, 0.15) is 15.9 Å². The topological polar surface area (TPSA) is 31.2 Å². The number of fused-ring (bicyclic) bond motifs is 1. The van der Waals surface area contributed by atoms with Crippen molar-refractivity contribution in [1.29, 1.82) is 0 Å². The van der Waals surface area contributed by atoms with E-state index >= 15 is 0 Å². The number of halogens is 1. The van der Waals surface area contributed by atoms with Gasteiger partial charge in [-0.2, -0.15) is 0 Å². The largest absolute Gasteiger partial charge is 0.465 e. The smallest absolute Gasteiger partial charge is 0.337 e. The van der Waals surface area contributed by atoms with E-state index < -0.39 is 0 Å². The number of aromatic nitrogens is 1. The molecule has 3 aromatic rings. The molecule has 3 nitrogen and oxygen atoms in total. The summed E-state index contributed by atoms with van der Waals surface area (Å²) in [6.07, 6.45) is 1.93. The van der Waals surface area contributed by atoms with Crippen molar-refractivity contribution < 1.29 is 13.9 Å². The van der Waals surface area contributed by atoms with Crippen molar-refractivity contribution in [3.8, 4) is 0 Å². The fourth-order valence-electron chi connectivity index (χ4n) is 2.37. The van der Waals surface area contributed by atoms with Crippen molar-refractivity contribution in [2.24, 2.45) is 0 Å². The molecule has 3 rings (SSSR count). The van der Waals surface area contributed by atoms with Gasteiger partial charge in [-0.15, -0.1) is 0 Å². The van der Waals surface area contributed by atoms with Crippen molar-refractivity contribution in [3.63, 3.8) is 0 Å². The summed E-state index contributed by atoms with van der Waals surface area (Å²) in [4.78, 5) is 11.4. The van der Waals surface area contributed by atoms with E-state index in [0.717, 1.165) is 16.5 Å². The molecule has 0 aliphatic carbocycles. The molecule has 0 unspecified atom stereocenters. The van der Waals surface area contributed by atoms with Crippen molar-refractivity contribution >= 4 is 16.9 Å². The highest BCUT2D eigenvalue weighted by Crippen LogP contribution is 2.18. The number of ether oxygens (including phenoxy) is 1. The maximum Gasteiger partial charge on any atom is 0.337 e. The Bertz CT molecular complexity index is 790. The fourth-order valence-corrected chi connectivity index (χ4v) is 2.37. The molecule has 1 heterocycles. The lowest BCUT2D eigenvalue weighted by atomic mass is 10.1. The average molecular weight is 283 g/mol. The van der Waals surface area contributed by atoms with E-state index in [1.165, 1.54) is 19.2 Å². The summed E-state index contributed by atoms with van der Waals surface area (Å²) in [5.74, 6) is -0.578. The van der Waals surface area contributed by atoms with Crippen molar-refractivity contribution in [2.45, 2.75) is 6.54 Å². The first-order chi connectivity index (χ1) is 10.2. The van der Waals surface area contributed by atoms with Gasteiger partial charge in [0.2, 0.25) is 0 Å². The number of rotatable bonds is 3. The zero-order valence-corrected chi connectivity index (χ0v) is 11.5. The van der Waals surface area contributed by atoms with Gasteiger partial charge in [-0.25, -0.2) is 9.18 Å². The van der Waals surface area contributed by atoms with E-state index in [1.54, 1.807) is 18.2 Å². The molecule has 0 saturated carbocycles. The Labute approximate surface area is 121 Å². The molecule has 0 N–H and O–H groups in total. The summed E-state index contributed by atoms with van der Waals surface area (Å²) in [6.45, 7) is 0.663. The summed E-state index contributed by atoms with van der Waals surface area (Å²) >= 11 is 0. The van der Waals surface area contributed by atoms with Gasteiger partial charge in [0.05, 0.1) is 12.7 Å². The lowest BCUT2D eigenvalue weighted by Gasteiger charge is -2.07. The highest BCUT2D eigenvalue weighted by Gasteiger charge is 2.06. The van der Waals surface area contributed by atoms with E-state index in [1.807, 2.05) is 29.0 Å². The van der Waals surface area contributed by atoms with Gasteiger partial charge < -0.3 is 9.30 Å². The molecule has 0 amide bonds. The Morgan fingerprint density at radius 1 is 1.14 bits per heavy atom. The number of carbonyl (C=O) groups excluding carboxylic acids is 1. The molecule has 0 fully saturated rings. The van der Waals surface area contributed by atoms with Crippen LogP contribution < -0.4 is 0 Å². The first-order valence-electron chi connectivity index (χ1n) is 6.59. The maximum atomic E-state index is 13.2. The number of methoxy groups -OCH3 is 1. The number of carbonyl (C=O) groups is 1. The quantitative estimate of drug-likeness (QED) is 0.687. The monoisotopic (exact) mass is 283 g/mol. The van der Waals surface area contributed by atoms with Gasteiger partial charge in [0, 0.05) is 23.6 Å². The summed E-state index contributed by atoms with van der Waals surface area (Å²) < 4.78 is 19.9. The van der Waals surface area contributed by atoms with Crippen molar-refractivity contribution in [1.82, 2.24) is 4.57 Å². The molecule has 2 aromatic carbocycles. The molecular formula is C17H14FNO2. The molecule has 0 atom stereocenters. The molecule has 106 valence electrons. The molecule has 0 spiro atoms. The Morgan fingerprint density at radius 2 is 1.90 bits per heavy atom. The van der Waals surface area contributed by atoms with Gasteiger partial charge in [-0.05, 0) is 42.0 Å². The molecular weight excluding hydrogens is 269 g/mol. The molecule has 4 heteroatoms. The lowest BCUT2D eigenvalue weighted by molar-refractivity contribution is 0.0600. The van der Waals surface area contributed by atoms with E-state index in [2.05, 4.69) is 4.74 Å². The van der Waals surface area contributed by atoms with Gasteiger partial charge in [-0.3, -0.25) is 0 Å². The molecule has 0 bridgehead atoms. The molecule has 0 saturated heterocycles. The third kappa shape index (κ3) is 2.65. The second-order valence-corrected chi connectivity index (χ2v) is 4.84. The Morgan fingerprint density at radius 3 is 2.62 bits per heavy atom. The van der Waals surface area contributed by atoms with Crippen molar-refractivity contribution in [3.05, 3.63) is 71.7 Å². The van der Waals surface area contributed by atoms with Crippen LogP contribution in [0.15, 0.2) is 54.7 Å². The predicted molar refractivity (Wildman–Crippen MR) is 78.8 cm³/mol. The van der Waals surface area contributed by atoms with Gasteiger partial charge in [-0.1, -0.05) is 12.1 Å². The van der Waals surface area contributed by atoms with E-state index in [4.69, 9.17) is 0 Å². The summed E-state index contributed by atoms with van der Waals surface area (Å²) in [5, 5.41) is 0.876. The zero-order valence-electron chi connectivity index (χ0n) is 11.5. The number of benzene rings is 2. The maximum absolute atomic E-state index is 13.2. The zero-order chi connectivity index (χ0) is 14.8. The fraction of sp³-hybridized carbons (Fsp3) is 0.118. The lowest BCUT2D eigenvalue weighted by Crippen LogP contribution is -2.02. The van der Waals surface area contributed by atoms with E-state index in [9.17, 15) is 9.18 Å². The molecule has 21 heavy (non-hydrogen) atoms. The average Bonchev–Trinajstić information content (AvgIpc) is 2.89. The van der Waals surface area contributed by atoms with E-state index in [0.29, 0.717) is 12.1 Å². The van der Waals surface area contributed by atoms with Crippen LogP contribution in [-0.4, -0.2) is 17.6 Å². The molecule has 1 aromatic heterocycles. The Balaban J connectivity index is 1.86. The van der Waals surface area contributed by atoms with Crippen LogP contribution in [0.5, 0.6) is 0 Å². The van der Waals surface area contributed by atoms with Gasteiger partial charge in [0.25, 0.3) is 0 Å².